The summed E-state index contributed by atoms with van der Waals surface area (Å²) in [5.74, 6) is 0. The fourth-order valence-corrected chi connectivity index (χ4v) is 2.32. The molecule has 78 valence electrons. The van der Waals surface area contributed by atoms with Crippen molar-refractivity contribution in [2.75, 3.05) is 0 Å². The van der Waals surface area contributed by atoms with Crippen LogP contribution < -0.4 is 0 Å². The van der Waals surface area contributed by atoms with Crippen LogP contribution in [0.5, 0.6) is 0 Å². The molecule has 0 saturated carbocycles. The minimum absolute atomic E-state index is 1.12. The topological polar surface area (TPSA) is 0 Å². The van der Waals surface area contributed by atoms with Gasteiger partial charge in [0.25, 0.3) is 0 Å². The maximum absolute atomic E-state index is 2.29. The third-order valence-electron chi connectivity index (χ3n) is 3.12. The Balaban J connectivity index is 2.08. The lowest BCUT2D eigenvalue weighted by atomic mass is 10.0. The second-order valence-electron chi connectivity index (χ2n) is 4.45. The van der Waals surface area contributed by atoms with Gasteiger partial charge >= 0.3 is 0 Å². The molecule has 0 radical (unpaired) electrons. The molecule has 0 aliphatic heterocycles. The SMILES string of the molecule is CC1=Cc2cc(-c3ccccc3)ccc2C1. The number of allylic oxidation sites excluding steroid dienone is 1. The van der Waals surface area contributed by atoms with Crippen LogP contribution in [0.25, 0.3) is 17.2 Å². The summed E-state index contributed by atoms with van der Waals surface area (Å²) >= 11 is 0. The smallest absolute Gasteiger partial charge is 0.00606 e. The molecule has 0 unspecified atom stereocenters. The summed E-state index contributed by atoms with van der Waals surface area (Å²) in [6.07, 6.45) is 3.41. The Morgan fingerprint density at radius 1 is 0.875 bits per heavy atom. The standard InChI is InChI=1S/C16H14/c1-12-9-14-7-8-15(11-16(14)10-12)13-5-3-2-4-6-13/h2-8,10-11H,9H2,1H3. The van der Waals surface area contributed by atoms with Crippen molar-refractivity contribution >= 4 is 6.08 Å². The Morgan fingerprint density at radius 2 is 1.69 bits per heavy atom. The van der Waals surface area contributed by atoms with Crippen molar-refractivity contribution in [3.63, 3.8) is 0 Å². The second kappa shape index (κ2) is 3.64. The van der Waals surface area contributed by atoms with Crippen LogP contribution in [0.1, 0.15) is 18.1 Å². The van der Waals surface area contributed by atoms with Crippen LogP contribution >= 0.6 is 0 Å². The normalized spacial score (nSPS) is 13.4. The Kier molecular flexibility index (Phi) is 2.14. The van der Waals surface area contributed by atoms with E-state index >= 15 is 0 Å². The molecule has 1 aliphatic carbocycles. The Hall–Kier alpha value is -1.82. The van der Waals surface area contributed by atoms with Crippen molar-refractivity contribution in [2.45, 2.75) is 13.3 Å². The molecule has 16 heavy (non-hydrogen) atoms. The van der Waals surface area contributed by atoms with Crippen molar-refractivity contribution in [1.29, 1.82) is 0 Å². The van der Waals surface area contributed by atoms with Crippen LogP contribution in [0.2, 0.25) is 0 Å². The quantitative estimate of drug-likeness (QED) is 0.652. The Morgan fingerprint density at radius 3 is 2.50 bits per heavy atom. The molecule has 2 aromatic rings. The van der Waals surface area contributed by atoms with E-state index in [-0.39, 0.29) is 0 Å². The van der Waals surface area contributed by atoms with Crippen molar-refractivity contribution in [3.05, 3.63) is 65.2 Å². The first-order chi connectivity index (χ1) is 7.83. The van der Waals surface area contributed by atoms with Crippen molar-refractivity contribution < 1.29 is 0 Å². The van der Waals surface area contributed by atoms with Crippen LogP contribution in [-0.4, -0.2) is 0 Å². The summed E-state index contributed by atoms with van der Waals surface area (Å²) in [6.45, 7) is 2.20. The van der Waals surface area contributed by atoms with E-state index in [0.717, 1.165) is 6.42 Å². The van der Waals surface area contributed by atoms with Crippen LogP contribution in [0.4, 0.5) is 0 Å². The van der Waals surface area contributed by atoms with Gasteiger partial charge in [0.2, 0.25) is 0 Å². The summed E-state index contributed by atoms with van der Waals surface area (Å²) < 4.78 is 0. The lowest BCUT2D eigenvalue weighted by Gasteiger charge is -2.04. The van der Waals surface area contributed by atoms with E-state index in [1.54, 1.807) is 0 Å². The molecule has 0 N–H and O–H groups in total. The van der Waals surface area contributed by atoms with Crippen LogP contribution in [0.3, 0.4) is 0 Å². The van der Waals surface area contributed by atoms with Crippen LogP contribution in [-0.2, 0) is 6.42 Å². The Bertz CT molecular complexity index is 548. The summed E-state index contributed by atoms with van der Waals surface area (Å²) in [4.78, 5) is 0. The Labute approximate surface area is 96.3 Å². The van der Waals surface area contributed by atoms with E-state index in [1.807, 2.05) is 0 Å². The molecule has 0 saturated heterocycles. The fourth-order valence-electron chi connectivity index (χ4n) is 2.32. The molecular weight excluding hydrogens is 192 g/mol. The first-order valence-electron chi connectivity index (χ1n) is 5.68. The molecule has 0 heteroatoms. The molecule has 0 amide bonds. The molecule has 1 aliphatic rings. The lowest BCUT2D eigenvalue weighted by Crippen LogP contribution is -1.84. The molecule has 0 bridgehead atoms. The third-order valence-corrected chi connectivity index (χ3v) is 3.12. The molecular formula is C16H14. The average Bonchev–Trinajstić information content (AvgIpc) is 2.69. The molecule has 0 aromatic heterocycles. The number of benzene rings is 2. The fraction of sp³-hybridized carbons (Fsp3) is 0.125. The van der Waals surface area contributed by atoms with E-state index in [4.69, 9.17) is 0 Å². The molecule has 0 atom stereocenters. The minimum atomic E-state index is 1.12. The molecule has 0 fully saturated rings. The summed E-state index contributed by atoms with van der Waals surface area (Å²) in [5.41, 5.74) is 6.91. The van der Waals surface area contributed by atoms with Gasteiger partial charge in [0, 0.05) is 0 Å². The van der Waals surface area contributed by atoms with Crippen molar-refractivity contribution in [3.8, 4) is 11.1 Å². The van der Waals surface area contributed by atoms with Gasteiger partial charge in [-0.3, -0.25) is 0 Å². The van der Waals surface area contributed by atoms with E-state index in [2.05, 4.69) is 61.5 Å². The molecule has 0 nitrogen and oxygen atoms in total. The highest BCUT2D eigenvalue weighted by atomic mass is 14.1. The zero-order chi connectivity index (χ0) is 11.0. The molecule has 0 spiro atoms. The first-order valence-corrected chi connectivity index (χ1v) is 5.68. The highest BCUT2D eigenvalue weighted by Crippen LogP contribution is 2.29. The zero-order valence-electron chi connectivity index (χ0n) is 9.40. The van der Waals surface area contributed by atoms with Crippen LogP contribution in [0.15, 0.2) is 54.1 Å². The largest absolute Gasteiger partial charge is 0.0683 e. The average molecular weight is 206 g/mol. The summed E-state index contributed by atoms with van der Waals surface area (Å²) in [7, 11) is 0. The van der Waals surface area contributed by atoms with E-state index in [9.17, 15) is 0 Å². The van der Waals surface area contributed by atoms with Crippen LogP contribution in [0, 0.1) is 0 Å². The van der Waals surface area contributed by atoms with Gasteiger partial charge in [-0.2, -0.15) is 0 Å². The van der Waals surface area contributed by atoms with Gasteiger partial charge in [0.1, 0.15) is 0 Å². The maximum atomic E-state index is 2.29. The predicted molar refractivity (Wildman–Crippen MR) is 69.2 cm³/mol. The lowest BCUT2D eigenvalue weighted by molar-refractivity contribution is 1.20. The second-order valence-corrected chi connectivity index (χ2v) is 4.45. The predicted octanol–water partition coefficient (Wildman–Crippen LogP) is 4.31. The van der Waals surface area contributed by atoms with Gasteiger partial charge in [-0.25, -0.2) is 0 Å². The van der Waals surface area contributed by atoms with E-state index in [0.29, 0.717) is 0 Å². The molecule has 0 heterocycles. The molecule has 2 aromatic carbocycles. The number of rotatable bonds is 1. The van der Waals surface area contributed by atoms with Gasteiger partial charge in [-0.1, -0.05) is 54.1 Å². The van der Waals surface area contributed by atoms with Gasteiger partial charge in [0.15, 0.2) is 0 Å². The van der Waals surface area contributed by atoms with E-state index < -0.39 is 0 Å². The first kappa shape index (κ1) is 9.41. The van der Waals surface area contributed by atoms with Gasteiger partial charge < -0.3 is 0 Å². The van der Waals surface area contributed by atoms with Crippen molar-refractivity contribution in [1.82, 2.24) is 0 Å². The van der Waals surface area contributed by atoms with E-state index in [1.165, 1.54) is 27.8 Å². The summed E-state index contributed by atoms with van der Waals surface area (Å²) in [5, 5.41) is 0. The zero-order valence-corrected chi connectivity index (χ0v) is 9.40. The number of fused-ring (bicyclic) bond motifs is 1. The van der Waals surface area contributed by atoms with Gasteiger partial charge in [-0.05, 0) is 41.7 Å². The number of hydrogen-bond acceptors (Lipinski definition) is 0. The number of hydrogen-bond donors (Lipinski definition) is 0. The van der Waals surface area contributed by atoms with Crippen molar-refractivity contribution in [2.24, 2.45) is 0 Å². The summed E-state index contributed by atoms with van der Waals surface area (Å²) in [6, 6.07) is 17.3. The minimum Gasteiger partial charge on any atom is -0.0683 e. The highest BCUT2D eigenvalue weighted by molar-refractivity contribution is 5.72. The molecule has 3 rings (SSSR count). The highest BCUT2D eigenvalue weighted by Gasteiger charge is 2.09. The van der Waals surface area contributed by atoms with Gasteiger partial charge in [-0.15, -0.1) is 0 Å². The third kappa shape index (κ3) is 1.57. The monoisotopic (exact) mass is 206 g/mol. The maximum Gasteiger partial charge on any atom is -0.00606 e. The van der Waals surface area contributed by atoms with Gasteiger partial charge in [0.05, 0.1) is 0 Å².